The van der Waals surface area contributed by atoms with Crippen molar-refractivity contribution >= 4 is 5.91 Å². The molecule has 23 heavy (non-hydrogen) atoms. The first kappa shape index (κ1) is 15.7. The zero-order chi connectivity index (χ0) is 16.4. The van der Waals surface area contributed by atoms with E-state index in [0.29, 0.717) is 17.7 Å². The minimum atomic E-state index is -0.508. The predicted octanol–water partition coefficient (Wildman–Crippen LogP) is 1.39. The Hall–Kier alpha value is -2.22. The number of nitrogens with two attached hydrogens (primary N) is 1. The molecule has 0 aromatic carbocycles. The van der Waals surface area contributed by atoms with Crippen molar-refractivity contribution in [3.63, 3.8) is 0 Å². The van der Waals surface area contributed by atoms with Gasteiger partial charge in [0.1, 0.15) is 5.69 Å². The number of aromatic amines is 1. The van der Waals surface area contributed by atoms with Crippen molar-refractivity contribution in [1.82, 2.24) is 25.3 Å². The topological polar surface area (TPSA) is 114 Å². The van der Waals surface area contributed by atoms with Crippen molar-refractivity contribution in [3.8, 4) is 0 Å². The van der Waals surface area contributed by atoms with Crippen LogP contribution in [0.2, 0.25) is 0 Å². The van der Waals surface area contributed by atoms with E-state index in [1.54, 1.807) is 6.07 Å². The Morgan fingerprint density at radius 3 is 3.04 bits per heavy atom. The summed E-state index contributed by atoms with van der Waals surface area (Å²) in [5.41, 5.74) is 6.51. The van der Waals surface area contributed by atoms with Crippen LogP contribution in [0.3, 0.4) is 0 Å². The Morgan fingerprint density at radius 1 is 1.57 bits per heavy atom. The number of hydrogen-bond acceptors (Lipinski definition) is 6. The van der Waals surface area contributed by atoms with Crippen molar-refractivity contribution in [1.29, 1.82) is 0 Å². The summed E-state index contributed by atoms with van der Waals surface area (Å²) in [4.78, 5) is 13.5. The standard InChI is InChI=1S/C15H22N6O2/c1-3-13-19-20-15(23-13)9(2)21-6-4-5-10(8-21)11-7-12(14(16)22)18-17-11/h7,9-10H,3-6,8H2,1-2H3,(H2,16,22)(H,17,18)/t9-,10-/m0/s1. The molecule has 8 nitrogen and oxygen atoms in total. The van der Waals surface area contributed by atoms with Crippen molar-refractivity contribution in [2.45, 2.75) is 45.1 Å². The Balaban J connectivity index is 1.70. The highest BCUT2D eigenvalue weighted by molar-refractivity contribution is 5.90. The Morgan fingerprint density at radius 2 is 2.39 bits per heavy atom. The summed E-state index contributed by atoms with van der Waals surface area (Å²) in [5.74, 6) is 1.11. The SMILES string of the molecule is CCc1nnc([C@H](C)N2CCC[C@H](c3cc(C(N)=O)n[nH]3)C2)o1. The van der Waals surface area contributed by atoms with Gasteiger partial charge in [0.15, 0.2) is 0 Å². The van der Waals surface area contributed by atoms with Crippen LogP contribution >= 0.6 is 0 Å². The van der Waals surface area contributed by atoms with E-state index in [-0.39, 0.29) is 11.7 Å². The van der Waals surface area contributed by atoms with Gasteiger partial charge in [0.2, 0.25) is 11.8 Å². The van der Waals surface area contributed by atoms with Crippen LogP contribution in [0.1, 0.15) is 66.6 Å². The average molecular weight is 318 g/mol. The molecule has 1 aliphatic heterocycles. The minimum Gasteiger partial charge on any atom is -0.424 e. The van der Waals surface area contributed by atoms with E-state index in [2.05, 4.69) is 32.2 Å². The second-order valence-electron chi connectivity index (χ2n) is 5.97. The molecule has 0 radical (unpaired) electrons. The lowest BCUT2D eigenvalue weighted by Gasteiger charge is -2.34. The lowest BCUT2D eigenvalue weighted by atomic mass is 9.93. The molecule has 0 spiro atoms. The second-order valence-corrected chi connectivity index (χ2v) is 5.97. The van der Waals surface area contributed by atoms with Crippen LogP contribution in [0.4, 0.5) is 0 Å². The van der Waals surface area contributed by atoms with E-state index < -0.39 is 5.91 Å². The Kier molecular flexibility index (Phi) is 4.42. The number of aryl methyl sites for hydroxylation is 1. The fourth-order valence-corrected chi connectivity index (χ4v) is 3.02. The third-order valence-corrected chi connectivity index (χ3v) is 4.43. The first-order chi connectivity index (χ1) is 11.1. The molecule has 124 valence electrons. The van der Waals surface area contributed by atoms with Gasteiger partial charge in [-0.15, -0.1) is 10.2 Å². The molecule has 2 aromatic heterocycles. The lowest BCUT2D eigenvalue weighted by Crippen LogP contribution is -2.36. The van der Waals surface area contributed by atoms with Crippen molar-refractivity contribution in [2.24, 2.45) is 5.73 Å². The molecule has 1 aliphatic rings. The predicted molar refractivity (Wildman–Crippen MR) is 82.7 cm³/mol. The molecular formula is C15H22N6O2. The number of hydrogen-bond donors (Lipinski definition) is 2. The maximum absolute atomic E-state index is 11.2. The maximum atomic E-state index is 11.2. The van der Waals surface area contributed by atoms with Gasteiger partial charge in [0, 0.05) is 24.6 Å². The first-order valence-electron chi connectivity index (χ1n) is 8.00. The fraction of sp³-hybridized carbons (Fsp3) is 0.600. The fourth-order valence-electron chi connectivity index (χ4n) is 3.02. The van der Waals surface area contributed by atoms with Crippen LogP contribution in [0, 0.1) is 0 Å². The Labute approximate surface area is 134 Å². The number of likely N-dealkylation sites (tertiary alicyclic amines) is 1. The third kappa shape index (κ3) is 3.26. The molecule has 1 saturated heterocycles. The van der Waals surface area contributed by atoms with E-state index in [9.17, 15) is 4.79 Å². The van der Waals surface area contributed by atoms with E-state index in [1.807, 2.05) is 6.92 Å². The monoisotopic (exact) mass is 318 g/mol. The van der Waals surface area contributed by atoms with Gasteiger partial charge in [-0.2, -0.15) is 5.10 Å². The van der Waals surface area contributed by atoms with Crippen molar-refractivity contribution in [2.75, 3.05) is 13.1 Å². The van der Waals surface area contributed by atoms with Crippen LogP contribution in [0.15, 0.2) is 10.5 Å². The number of carbonyl (C=O) groups excluding carboxylic acids is 1. The maximum Gasteiger partial charge on any atom is 0.269 e. The summed E-state index contributed by atoms with van der Waals surface area (Å²) in [6, 6.07) is 1.83. The summed E-state index contributed by atoms with van der Waals surface area (Å²) < 4.78 is 5.68. The largest absolute Gasteiger partial charge is 0.424 e. The third-order valence-electron chi connectivity index (χ3n) is 4.43. The number of nitrogens with one attached hydrogen (secondary N) is 1. The molecule has 1 amide bonds. The van der Waals surface area contributed by atoms with Crippen LogP contribution in [-0.2, 0) is 6.42 Å². The van der Waals surface area contributed by atoms with Gasteiger partial charge in [-0.3, -0.25) is 14.8 Å². The molecule has 1 fully saturated rings. The van der Waals surface area contributed by atoms with E-state index in [1.165, 1.54) is 0 Å². The number of piperidine rings is 1. The number of rotatable bonds is 5. The summed E-state index contributed by atoms with van der Waals surface area (Å²) in [6.07, 6.45) is 2.86. The first-order valence-corrected chi connectivity index (χ1v) is 8.00. The smallest absolute Gasteiger partial charge is 0.269 e. The molecule has 2 atom stereocenters. The molecule has 2 aromatic rings. The van der Waals surface area contributed by atoms with E-state index >= 15 is 0 Å². The van der Waals surface area contributed by atoms with Crippen LogP contribution in [-0.4, -0.2) is 44.3 Å². The van der Waals surface area contributed by atoms with E-state index in [0.717, 1.165) is 38.0 Å². The highest BCUT2D eigenvalue weighted by Gasteiger charge is 2.29. The van der Waals surface area contributed by atoms with Crippen LogP contribution < -0.4 is 5.73 Å². The van der Waals surface area contributed by atoms with Gasteiger partial charge in [-0.1, -0.05) is 6.92 Å². The summed E-state index contributed by atoms with van der Waals surface area (Å²) in [5, 5.41) is 15.1. The zero-order valence-electron chi connectivity index (χ0n) is 13.5. The lowest BCUT2D eigenvalue weighted by molar-refractivity contribution is 0.0995. The van der Waals surface area contributed by atoms with Gasteiger partial charge in [-0.25, -0.2) is 0 Å². The summed E-state index contributed by atoms with van der Waals surface area (Å²) in [7, 11) is 0. The minimum absolute atomic E-state index is 0.0733. The van der Waals surface area contributed by atoms with Gasteiger partial charge >= 0.3 is 0 Å². The molecule has 3 heterocycles. The molecule has 0 saturated carbocycles. The second kappa shape index (κ2) is 6.49. The van der Waals surface area contributed by atoms with Crippen molar-refractivity contribution < 1.29 is 9.21 Å². The molecule has 0 bridgehead atoms. The van der Waals surface area contributed by atoms with Gasteiger partial charge < -0.3 is 10.2 Å². The van der Waals surface area contributed by atoms with Crippen LogP contribution in [0.25, 0.3) is 0 Å². The number of H-pyrrole nitrogens is 1. The van der Waals surface area contributed by atoms with Gasteiger partial charge in [0.05, 0.1) is 6.04 Å². The van der Waals surface area contributed by atoms with E-state index in [4.69, 9.17) is 10.2 Å². The molecular weight excluding hydrogens is 296 g/mol. The molecule has 3 N–H and O–H groups in total. The molecule has 0 unspecified atom stereocenters. The summed E-state index contributed by atoms with van der Waals surface area (Å²) in [6.45, 7) is 5.91. The van der Waals surface area contributed by atoms with Gasteiger partial charge in [-0.05, 0) is 32.4 Å². The number of carbonyl (C=O) groups is 1. The number of primary amides is 1. The quantitative estimate of drug-likeness (QED) is 0.861. The highest BCUT2D eigenvalue weighted by Crippen LogP contribution is 2.31. The number of aromatic nitrogens is 4. The molecule has 8 heteroatoms. The summed E-state index contributed by atoms with van der Waals surface area (Å²) >= 11 is 0. The average Bonchev–Trinajstić information content (AvgIpc) is 3.23. The zero-order valence-corrected chi connectivity index (χ0v) is 13.5. The van der Waals surface area contributed by atoms with Gasteiger partial charge in [0.25, 0.3) is 5.91 Å². The van der Waals surface area contributed by atoms with Crippen molar-refractivity contribution in [3.05, 3.63) is 29.2 Å². The van der Waals surface area contributed by atoms with Crippen LogP contribution in [0.5, 0.6) is 0 Å². The number of amides is 1. The molecule has 3 rings (SSSR count). The number of nitrogens with zero attached hydrogens (tertiary/aromatic N) is 4. The Bertz CT molecular complexity index is 679. The molecule has 0 aliphatic carbocycles. The highest BCUT2D eigenvalue weighted by atomic mass is 16.4. The normalized spacial score (nSPS) is 20.5.